The van der Waals surface area contributed by atoms with Gasteiger partial charge >= 0.3 is 0 Å². The van der Waals surface area contributed by atoms with Crippen molar-refractivity contribution in [2.24, 2.45) is 0 Å². The first-order valence-electron chi connectivity index (χ1n) is 10.0. The summed E-state index contributed by atoms with van der Waals surface area (Å²) < 4.78 is 11.0. The predicted octanol–water partition coefficient (Wildman–Crippen LogP) is 4.08. The topological polar surface area (TPSA) is 76.7 Å². The molecule has 0 saturated heterocycles. The third-order valence-corrected chi connectivity index (χ3v) is 4.62. The van der Waals surface area contributed by atoms with Crippen LogP contribution in [0, 0.1) is 0 Å². The van der Waals surface area contributed by atoms with Crippen molar-refractivity contribution in [3.63, 3.8) is 0 Å². The van der Waals surface area contributed by atoms with E-state index in [4.69, 9.17) is 9.47 Å². The van der Waals surface area contributed by atoms with Crippen LogP contribution in [0.15, 0.2) is 78.9 Å². The number of ether oxygens (including phenoxy) is 2. The van der Waals surface area contributed by atoms with Crippen molar-refractivity contribution in [3.05, 3.63) is 95.6 Å². The SMILES string of the molecule is COc1cc(C(=O)NNC(=O)C(c2ccccc2)c2ccccc2)ccc1OC(C)C. The number of carbonyl (C=O) groups is 2. The molecule has 2 N–H and O–H groups in total. The number of hydrogen-bond acceptors (Lipinski definition) is 4. The van der Waals surface area contributed by atoms with E-state index in [1.165, 1.54) is 7.11 Å². The molecular weight excluding hydrogens is 392 g/mol. The molecule has 3 aromatic rings. The van der Waals surface area contributed by atoms with Crippen LogP contribution >= 0.6 is 0 Å². The van der Waals surface area contributed by atoms with E-state index in [0.29, 0.717) is 17.1 Å². The summed E-state index contributed by atoms with van der Waals surface area (Å²) in [5.74, 6) is -0.357. The molecule has 0 aromatic heterocycles. The molecule has 0 fully saturated rings. The summed E-state index contributed by atoms with van der Waals surface area (Å²) in [4.78, 5) is 25.6. The van der Waals surface area contributed by atoms with Crippen LogP contribution in [0.3, 0.4) is 0 Å². The zero-order chi connectivity index (χ0) is 22.2. The number of hydrogen-bond donors (Lipinski definition) is 2. The van der Waals surface area contributed by atoms with Crippen LogP contribution in [-0.4, -0.2) is 25.0 Å². The fraction of sp³-hybridized carbons (Fsp3) is 0.200. The number of benzene rings is 3. The van der Waals surface area contributed by atoms with Gasteiger partial charge in [0.05, 0.1) is 19.1 Å². The quantitative estimate of drug-likeness (QED) is 0.567. The van der Waals surface area contributed by atoms with Crippen molar-refractivity contribution in [2.75, 3.05) is 7.11 Å². The highest BCUT2D eigenvalue weighted by Gasteiger charge is 2.23. The number of rotatable bonds is 7. The Morgan fingerprint density at radius 2 is 1.35 bits per heavy atom. The van der Waals surface area contributed by atoms with Gasteiger partial charge < -0.3 is 9.47 Å². The molecule has 3 rings (SSSR count). The fourth-order valence-corrected chi connectivity index (χ4v) is 3.21. The van der Waals surface area contributed by atoms with Gasteiger partial charge in [-0.3, -0.25) is 20.4 Å². The lowest BCUT2D eigenvalue weighted by Crippen LogP contribution is -2.44. The standard InChI is InChI=1S/C25H26N2O4/c1-17(2)31-21-15-14-20(16-22(21)30-3)24(28)26-27-25(29)23(18-10-6-4-7-11-18)19-12-8-5-9-13-19/h4-17,23H,1-3H3,(H,26,28)(H,27,29). The van der Waals surface area contributed by atoms with Crippen molar-refractivity contribution < 1.29 is 19.1 Å². The lowest BCUT2D eigenvalue weighted by Gasteiger charge is -2.18. The largest absolute Gasteiger partial charge is 0.493 e. The van der Waals surface area contributed by atoms with Crippen molar-refractivity contribution in [2.45, 2.75) is 25.9 Å². The average Bonchev–Trinajstić information content (AvgIpc) is 2.79. The highest BCUT2D eigenvalue weighted by atomic mass is 16.5. The van der Waals surface area contributed by atoms with Crippen LogP contribution in [0.25, 0.3) is 0 Å². The number of nitrogens with one attached hydrogen (secondary N) is 2. The monoisotopic (exact) mass is 418 g/mol. The molecule has 0 atom stereocenters. The minimum atomic E-state index is -0.556. The highest BCUT2D eigenvalue weighted by Crippen LogP contribution is 2.29. The maximum absolute atomic E-state index is 13.0. The summed E-state index contributed by atoms with van der Waals surface area (Å²) in [5.41, 5.74) is 7.05. The minimum Gasteiger partial charge on any atom is -0.493 e. The minimum absolute atomic E-state index is 0.0271. The van der Waals surface area contributed by atoms with E-state index in [1.54, 1.807) is 18.2 Å². The van der Waals surface area contributed by atoms with E-state index < -0.39 is 11.8 Å². The van der Waals surface area contributed by atoms with E-state index in [0.717, 1.165) is 11.1 Å². The Bertz CT molecular complexity index is 981. The molecule has 0 heterocycles. The zero-order valence-corrected chi connectivity index (χ0v) is 17.8. The van der Waals surface area contributed by atoms with Gasteiger partial charge in [0.2, 0.25) is 5.91 Å². The molecule has 160 valence electrons. The summed E-state index contributed by atoms with van der Waals surface area (Å²) >= 11 is 0. The first kappa shape index (κ1) is 21.9. The van der Waals surface area contributed by atoms with Crippen LogP contribution in [0.5, 0.6) is 11.5 Å². The summed E-state index contributed by atoms with van der Waals surface area (Å²) in [6.07, 6.45) is -0.0271. The predicted molar refractivity (Wildman–Crippen MR) is 119 cm³/mol. The third-order valence-electron chi connectivity index (χ3n) is 4.62. The maximum atomic E-state index is 13.0. The van der Waals surface area contributed by atoms with Gasteiger partial charge in [-0.15, -0.1) is 0 Å². The van der Waals surface area contributed by atoms with Crippen LogP contribution in [0.1, 0.15) is 41.3 Å². The van der Waals surface area contributed by atoms with Crippen molar-refractivity contribution >= 4 is 11.8 Å². The Kier molecular flexibility index (Phi) is 7.27. The second-order valence-corrected chi connectivity index (χ2v) is 7.23. The molecule has 6 nitrogen and oxygen atoms in total. The lowest BCUT2D eigenvalue weighted by molar-refractivity contribution is -0.122. The Balaban J connectivity index is 1.74. The first-order valence-corrected chi connectivity index (χ1v) is 10.0. The van der Waals surface area contributed by atoms with E-state index in [-0.39, 0.29) is 12.0 Å². The summed E-state index contributed by atoms with van der Waals surface area (Å²) in [6, 6.07) is 23.7. The zero-order valence-electron chi connectivity index (χ0n) is 17.8. The number of amides is 2. The average molecular weight is 418 g/mol. The van der Waals surface area contributed by atoms with Gasteiger partial charge in [-0.2, -0.15) is 0 Å². The van der Waals surface area contributed by atoms with Crippen LogP contribution in [0.2, 0.25) is 0 Å². The van der Waals surface area contributed by atoms with Gasteiger partial charge in [0, 0.05) is 5.56 Å². The maximum Gasteiger partial charge on any atom is 0.269 e. The molecule has 0 spiro atoms. The molecule has 0 aliphatic rings. The summed E-state index contributed by atoms with van der Waals surface area (Å²) in [6.45, 7) is 3.82. The van der Waals surface area contributed by atoms with Crippen molar-refractivity contribution in [1.29, 1.82) is 0 Å². The molecule has 0 saturated carbocycles. The Labute approximate surface area is 182 Å². The molecule has 31 heavy (non-hydrogen) atoms. The molecule has 0 unspecified atom stereocenters. The van der Waals surface area contributed by atoms with Gasteiger partial charge in [0.1, 0.15) is 0 Å². The van der Waals surface area contributed by atoms with Gasteiger partial charge in [-0.25, -0.2) is 0 Å². The van der Waals surface area contributed by atoms with Crippen LogP contribution in [-0.2, 0) is 4.79 Å². The first-order chi connectivity index (χ1) is 15.0. The highest BCUT2D eigenvalue weighted by molar-refractivity contribution is 5.97. The van der Waals surface area contributed by atoms with E-state index in [2.05, 4.69) is 10.9 Å². The van der Waals surface area contributed by atoms with Gasteiger partial charge in [-0.05, 0) is 43.2 Å². The molecule has 3 aromatic carbocycles. The van der Waals surface area contributed by atoms with Gasteiger partial charge in [0.15, 0.2) is 11.5 Å². The molecule has 2 amide bonds. The van der Waals surface area contributed by atoms with Crippen molar-refractivity contribution in [1.82, 2.24) is 10.9 Å². The molecular formula is C25H26N2O4. The Morgan fingerprint density at radius 1 is 0.774 bits per heavy atom. The molecule has 0 aliphatic carbocycles. The van der Waals surface area contributed by atoms with Crippen LogP contribution in [0.4, 0.5) is 0 Å². The normalized spacial score (nSPS) is 10.6. The van der Waals surface area contributed by atoms with E-state index >= 15 is 0 Å². The van der Waals surface area contributed by atoms with Crippen molar-refractivity contribution in [3.8, 4) is 11.5 Å². The van der Waals surface area contributed by atoms with E-state index in [1.807, 2.05) is 74.5 Å². The molecule has 6 heteroatoms. The Morgan fingerprint density at radius 3 is 1.87 bits per heavy atom. The smallest absolute Gasteiger partial charge is 0.269 e. The third kappa shape index (κ3) is 5.63. The Hall–Kier alpha value is -3.80. The second kappa shape index (κ2) is 10.3. The second-order valence-electron chi connectivity index (χ2n) is 7.23. The van der Waals surface area contributed by atoms with Crippen LogP contribution < -0.4 is 20.3 Å². The molecule has 0 aliphatic heterocycles. The number of hydrazine groups is 1. The summed E-state index contributed by atoms with van der Waals surface area (Å²) in [5, 5.41) is 0. The molecule has 0 radical (unpaired) electrons. The van der Waals surface area contributed by atoms with E-state index in [9.17, 15) is 9.59 Å². The van der Waals surface area contributed by atoms with Gasteiger partial charge in [0.25, 0.3) is 5.91 Å². The molecule has 0 bridgehead atoms. The fourth-order valence-electron chi connectivity index (χ4n) is 3.21. The number of carbonyl (C=O) groups excluding carboxylic acids is 2. The van der Waals surface area contributed by atoms with Gasteiger partial charge in [-0.1, -0.05) is 60.7 Å². The number of methoxy groups -OCH3 is 1. The summed E-state index contributed by atoms with van der Waals surface area (Å²) in [7, 11) is 1.51. The lowest BCUT2D eigenvalue weighted by atomic mass is 9.91.